The highest BCUT2D eigenvalue weighted by atomic mass is 32.2. The molecule has 0 aliphatic rings. The van der Waals surface area contributed by atoms with E-state index in [2.05, 4.69) is 0 Å². The Morgan fingerprint density at radius 1 is 1.07 bits per heavy atom. The van der Waals surface area contributed by atoms with Crippen LogP contribution in [0.25, 0.3) is 0 Å². The summed E-state index contributed by atoms with van der Waals surface area (Å²) in [4.78, 5) is 1.58. The van der Waals surface area contributed by atoms with E-state index in [-0.39, 0.29) is 39.3 Å². The Balaban J connectivity index is 3.98. The van der Waals surface area contributed by atoms with Crippen molar-refractivity contribution in [1.29, 1.82) is 0 Å². The quantitative estimate of drug-likeness (QED) is 0.359. The summed E-state index contributed by atoms with van der Waals surface area (Å²) in [6.45, 7) is 0.476. The third-order valence-electron chi connectivity index (χ3n) is 1.87. The molecule has 0 fully saturated rings. The number of aliphatic hydroxyl groups is 3. The molecule has 0 aromatic heterocycles. The summed E-state index contributed by atoms with van der Waals surface area (Å²) in [6, 6.07) is 0. The fraction of sp³-hybridized carbons (Fsp3) is 1.00. The first-order chi connectivity index (χ1) is 6.91. The average Bonchev–Trinajstić information content (AvgIpc) is 2.12. The Bertz CT molecular complexity index is 248. The number of hydrogen-bond donors (Lipinski definition) is 4. The largest absolute Gasteiger partial charge is 0.395 e. The molecule has 0 aromatic carbocycles. The number of nitrogens with zero attached hydrogens (tertiary/aromatic N) is 1. The van der Waals surface area contributed by atoms with Crippen LogP contribution in [0, 0.1) is 0 Å². The maximum Gasteiger partial charge on any atom is 0.292 e. The summed E-state index contributed by atoms with van der Waals surface area (Å²) in [7, 11) is -4.42. The van der Waals surface area contributed by atoms with Crippen LogP contribution < -0.4 is 0 Å². The summed E-state index contributed by atoms with van der Waals surface area (Å²) < 4.78 is 29.4. The maximum absolute atomic E-state index is 10.4. The van der Waals surface area contributed by atoms with Crippen molar-refractivity contribution >= 4 is 10.1 Å². The second-order valence-corrected chi connectivity index (χ2v) is 4.62. The van der Waals surface area contributed by atoms with E-state index in [1.54, 1.807) is 4.90 Å². The van der Waals surface area contributed by atoms with Gasteiger partial charge in [-0.05, 0) is 0 Å². The van der Waals surface area contributed by atoms with E-state index in [4.69, 9.17) is 19.9 Å². The fourth-order valence-corrected chi connectivity index (χ4v) is 1.46. The summed E-state index contributed by atoms with van der Waals surface area (Å²) >= 11 is 0. The van der Waals surface area contributed by atoms with Crippen LogP contribution in [-0.4, -0.2) is 71.5 Å². The third kappa shape index (κ3) is 6.77. The van der Waals surface area contributed by atoms with Gasteiger partial charge in [0.2, 0.25) is 0 Å². The van der Waals surface area contributed by atoms with Crippen LogP contribution >= 0.6 is 0 Å². The van der Waals surface area contributed by atoms with Crippen molar-refractivity contribution in [3.63, 3.8) is 0 Å². The molecular weight excluding hydrogens is 226 g/mol. The predicted octanol–water partition coefficient (Wildman–Crippen LogP) is -2.13. The molecule has 4 N–H and O–H groups in total. The van der Waals surface area contributed by atoms with Gasteiger partial charge in [0.1, 0.15) is 0 Å². The first-order valence-electron chi connectivity index (χ1n) is 4.50. The van der Waals surface area contributed by atoms with Gasteiger partial charge in [0.05, 0.1) is 13.2 Å². The molecule has 1 unspecified atom stereocenters. The van der Waals surface area contributed by atoms with Crippen molar-refractivity contribution in [1.82, 2.24) is 4.90 Å². The molecule has 0 amide bonds. The van der Waals surface area contributed by atoms with Gasteiger partial charge in [-0.3, -0.25) is 9.45 Å². The highest BCUT2D eigenvalue weighted by molar-refractivity contribution is 7.86. The molecule has 7 nitrogen and oxygen atoms in total. The Hall–Kier alpha value is -0.250. The zero-order valence-corrected chi connectivity index (χ0v) is 9.10. The molecule has 0 aliphatic heterocycles. The van der Waals surface area contributed by atoms with Gasteiger partial charge in [-0.15, -0.1) is 0 Å². The molecule has 0 saturated heterocycles. The monoisotopic (exact) mass is 243 g/mol. The number of aliphatic hydroxyl groups excluding tert-OH is 3. The molecule has 0 bridgehead atoms. The lowest BCUT2D eigenvalue weighted by atomic mass is 10.4. The van der Waals surface area contributed by atoms with Crippen LogP contribution in [0.1, 0.15) is 6.42 Å². The van der Waals surface area contributed by atoms with Crippen molar-refractivity contribution in [2.24, 2.45) is 0 Å². The zero-order chi connectivity index (χ0) is 11.9. The first-order valence-corrected chi connectivity index (χ1v) is 6.00. The minimum absolute atomic E-state index is 0.123. The second kappa shape index (κ2) is 7.09. The highest BCUT2D eigenvalue weighted by Gasteiger charge is 2.20. The summed E-state index contributed by atoms with van der Waals surface area (Å²) in [5.74, 6) is 0. The Labute approximate surface area is 88.7 Å². The zero-order valence-electron chi connectivity index (χ0n) is 8.28. The standard InChI is InChI=1S/C7H17NO6S/c9-5-3-8(4-6-10)2-1-7(11)15(12,13)14/h7,9-11H,1-6H2,(H,12,13,14). The minimum atomic E-state index is -4.42. The molecule has 0 saturated carbocycles. The van der Waals surface area contributed by atoms with Crippen molar-refractivity contribution in [3.8, 4) is 0 Å². The number of hydrogen-bond acceptors (Lipinski definition) is 6. The van der Waals surface area contributed by atoms with Crippen LogP contribution in [0.5, 0.6) is 0 Å². The SMILES string of the molecule is O=S(=O)(O)C(O)CCN(CCO)CCO. The first kappa shape index (κ1) is 14.8. The Morgan fingerprint density at radius 2 is 1.53 bits per heavy atom. The fourth-order valence-electron chi connectivity index (χ4n) is 1.06. The second-order valence-electron chi connectivity index (χ2n) is 3.05. The van der Waals surface area contributed by atoms with Crippen LogP contribution in [0.4, 0.5) is 0 Å². The lowest BCUT2D eigenvalue weighted by Crippen LogP contribution is -2.34. The van der Waals surface area contributed by atoms with E-state index < -0.39 is 15.6 Å². The van der Waals surface area contributed by atoms with Gasteiger partial charge in [0.15, 0.2) is 5.44 Å². The molecule has 0 spiro atoms. The topological polar surface area (TPSA) is 118 Å². The summed E-state index contributed by atoms with van der Waals surface area (Å²) in [6.07, 6.45) is -0.168. The van der Waals surface area contributed by atoms with Crippen LogP contribution in [0.2, 0.25) is 0 Å². The molecule has 92 valence electrons. The van der Waals surface area contributed by atoms with Gasteiger partial charge in [-0.25, -0.2) is 0 Å². The third-order valence-corrected chi connectivity index (χ3v) is 2.79. The van der Waals surface area contributed by atoms with Gasteiger partial charge < -0.3 is 15.3 Å². The normalized spacial score (nSPS) is 14.5. The van der Waals surface area contributed by atoms with Crippen molar-refractivity contribution < 1.29 is 28.3 Å². The van der Waals surface area contributed by atoms with Gasteiger partial charge in [0.25, 0.3) is 10.1 Å². The van der Waals surface area contributed by atoms with E-state index in [1.165, 1.54) is 0 Å². The van der Waals surface area contributed by atoms with Gasteiger partial charge in [-0.2, -0.15) is 8.42 Å². The summed E-state index contributed by atoms with van der Waals surface area (Å²) in [5.41, 5.74) is -1.82. The molecule has 0 aliphatic carbocycles. The smallest absolute Gasteiger partial charge is 0.292 e. The minimum Gasteiger partial charge on any atom is -0.395 e. The van der Waals surface area contributed by atoms with Crippen LogP contribution in [-0.2, 0) is 10.1 Å². The Morgan fingerprint density at radius 3 is 1.87 bits per heavy atom. The van der Waals surface area contributed by atoms with Crippen LogP contribution in [0.15, 0.2) is 0 Å². The van der Waals surface area contributed by atoms with E-state index in [0.717, 1.165) is 0 Å². The lowest BCUT2D eigenvalue weighted by Gasteiger charge is -2.20. The number of rotatable bonds is 8. The van der Waals surface area contributed by atoms with Crippen molar-refractivity contribution in [2.45, 2.75) is 11.9 Å². The summed E-state index contributed by atoms with van der Waals surface area (Å²) in [5, 5.41) is 26.3. The van der Waals surface area contributed by atoms with E-state index in [1.807, 2.05) is 0 Å². The van der Waals surface area contributed by atoms with Gasteiger partial charge in [-0.1, -0.05) is 0 Å². The molecule has 1 atom stereocenters. The van der Waals surface area contributed by atoms with Crippen molar-refractivity contribution in [3.05, 3.63) is 0 Å². The lowest BCUT2D eigenvalue weighted by molar-refractivity contribution is 0.141. The highest BCUT2D eigenvalue weighted by Crippen LogP contribution is 2.02. The van der Waals surface area contributed by atoms with E-state index in [0.29, 0.717) is 0 Å². The average molecular weight is 243 g/mol. The van der Waals surface area contributed by atoms with Crippen LogP contribution in [0.3, 0.4) is 0 Å². The van der Waals surface area contributed by atoms with Gasteiger partial charge in [0, 0.05) is 26.1 Å². The molecule has 8 heteroatoms. The molecule has 0 aromatic rings. The van der Waals surface area contributed by atoms with Gasteiger partial charge >= 0.3 is 0 Å². The molecule has 0 rings (SSSR count). The van der Waals surface area contributed by atoms with E-state index >= 15 is 0 Å². The molecule has 0 radical (unpaired) electrons. The Kier molecular flexibility index (Phi) is 6.98. The van der Waals surface area contributed by atoms with E-state index in [9.17, 15) is 8.42 Å². The molecule has 15 heavy (non-hydrogen) atoms. The molecular formula is C7H17NO6S. The predicted molar refractivity (Wildman–Crippen MR) is 52.8 cm³/mol. The maximum atomic E-state index is 10.4. The molecule has 0 heterocycles. The van der Waals surface area contributed by atoms with Crippen molar-refractivity contribution in [2.75, 3.05) is 32.8 Å².